The van der Waals surface area contributed by atoms with Gasteiger partial charge in [0.05, 0.1) is 6.54 Å². The monoisotopic (exact) mass is 358 g/mol. The molecular weight excluding hydrogens is 332 g/mol. The van der Waals surface area contributed by atoms with Crippen LogP contribution in [0.2, 0.25) is 0 Å². The van der Waals surface area contributed by atoms with E-state index in [9.17, 15) is 8.42 Å². The van der Waals surface area contributed by atoms with Crippen molar-refractivity contribution in [3.8, 4) is 0 Å². The zero-order chi connectivity index (χ0) is 17.3. The summed E-state index contributed by atoms with van der Waals surface area (Å²) < 4.78 is 22.7. The van der Waals surface area contributed by atoms with E-state index in [-0.39, 0.29) is 4.21 Å². The van der Waals surface area contributed by atoms with Gasteiger partial charge in [-0.1, -0.05) is 12.5 Å². The van der Waals surface area contributed by atoms with E-state index >= 15 is 0 Å². The smallest absolute Gasteiger partial charge is 0.247 e. The summed E-state index contributed by atoms with van der Waals surface area (Å²) in [5, 5.41) is 8.35. The van der Waals surface area contributed by atoms with E-state index in [1.54, 1.807) is 13.1 Å². The second-order valence-corrected chi connectivity index (χ2v) is 8.18. The quantitative estimate of drug-likeness (QED) is 0.306. The van der Waals surface area contributed by atoms with Gasteiger partial charge in [0.25, 0.3) is 0 Å². The normalized spacial score (nSPS) is 12.2. The molecule has 1 heterocycles. The number of hydrogen-bond acceptors (Lipinski definition) is 4. The van der Waals surface area contributed by atoms with Gasteiger partial charge in [-0.05, 0) is 31.4 Å². The number of allylic oxidation sites excluding steroid dienone is 1. The van der Waals surface area contributed by atoms with Gasteiger partial charge in [-0.15, -0.1) is 17.9 Å². The molecule has 0 unspecified atom stereocenters. The molecule has 1 aromatic rings. The fourth-order valence-corrected chi connectivity index (χ4v) is 3.80. The first-order valence-electron chi connectivity index (χ1n) is 7.52. The van der Waals surface area contributed by atoms with Crippen LogP contribution < -0.4 is 10.5 Å². The van der Waals surface area contributed by atoms with Crippen LogP contribution in [0.1, 0.15) is 30.6 Å². The Kier molecular flexibility index (Phi) is 8.29. The molecule has 0 aliphatic rings. The predicted octanol–water partition coefficient (Wildman–Crippen LogP) is 2.15. The molecule has 0 amide bonds. The topological polar surface area (TPSA) is 87.8 Å². The summed E-state index contributed by atoms with van der Waals surface area (Å²) in [5.74, 6) is 0.791. The van der Waals surface area contributed by atoms with Gasteiger partial charge in [0.2, 0.25) is 10.0 Å². The summed E-state index contributed by atoms with van der Waals surface area (Å²) >= 11 is 1.17. The predicted molar refractivity (Wildman–Crippen MR) is 97.2 cm³/mol. The van der Waals surface area contributed by atoms with Gasteiger partial charge in [-0.25, -0.2) is 13.6 Å². The van der Waals surface area contributed by atoms with Crippen LogP contribution in [0, 0.1) is 0 Å². The second kappa shape index (κ2) is 9.69. The van der Waals surface area contributed by atoms with Gasteiger partial charge in [0, 0.05) is 25.5 Å². The third-order valence-corrected chi connectivity index (χ3v) is 5.84. The van der Waals surface area contributed by atoms with Gasteiger partial charge >= 0.3 is 0 Å². The number of hydrogen-bond donors (Lipinski definition) is 2. The summed E-state index contributed by atoms with van der Waals surface area (Å²) in [4.78, 5) is 7.22. The third-order valence-electron chi connectivity index (χ3n) is 3.31. The highest BCUT2D eigenvalue weighted by Gasteiger charge is 2.12. The molecule has 1 aromatic heterocycles. The first-order chi connectivity index (χ1) is 10.9. The molecule has 0 spiro atoms. The molecule has 0 bridgehead atoms. The summed E-state index contributed by atoms with van der Waals surface area (Å²) in [6, 6.07) is 3.29. The Morgan fingerprint density at radius 1 is 1.43 bits per heavy atom. The van der Waals surface area contributed by atoms with Crippen molar-refractivity contribution >= 4 is 27.3 Å². The lowest BCUT2D eigenvalue weighted by Crippen LogP contribution is -2.38. The number of primary sulfonamides is 1. The Balaban J connectivity index is 2.44. The van der Waals surface area contributed by atoms with Gasteiger partial charge in [-0.2, -0.15) is 0 Å². The average molecular weight is 359 g/mol. The largest absolute Gasteiger partial charge is 0.351 e. The van der Waals surface area contributed by atoms with Crippen molar-refractivity contribution in [3.63, 3.8) is 0 Å². The maximum absolute atomic E-state index is 11.3. The van der Waals surface area contributed by atoms with Crippen LogP contribution in [-0.4, -0.2) is 39.9 Å². The van der Waals surface area contributed by atoms with Crippen molar-refractivity contribution in [1.82, 2.24) is 10.2 Å². The number of nitrogens with one attached hydrogen (secondary N) is 1. The maximum Gasteiger partial charge on any atom is 0.247 e. The SMILES string of the molecule is C=CCCCCCN(C)C(=NC)NCc1ccc(S(N)(=O)=O)s1. The van der Waals surface area contributed by atoms with Crippen LogP contribution in [0.5, 0.6) is 0 Å². The van der Waals surface area contributed by atoms with Crippen molar-refractivity contribution in [2.24, 2.45) is 10.1 Å². The molecule has 23 heavy (non-hydrogen) atoms. The van der Waals surface area contributed by atoms with Crippen LogP contribution in [0.25, 0.3) is 0 Å². The van der Waals surface area contributed by atoms with Crippen LogP contribution in [-0.2, 0) is 16.6 Å². The first-order valence-corrected chi connectivity index (χ1v) is 9.89. The minimum absolute atomic E-state index is 0.180. The fourth-order valence-electron chi connectivity index (χ4n) is 2.08. The van der Waals surface area contributed by atoms with Crippen molar-refractivity contribution < 1.29 is 8.42 Å². The molecule has 1 rings (SSSR count). The fraction of sp³-hybridized carbons (Fsp3) is 0.533. The standard InChI is InChI=1S/C15H26N4O2S2/c1-4-5-6-7-8-11-19(3)15(17-2)18-12-13-9-10-14(22-13)23(16,20)21/h4,9-10H,1,5-8,11-12H2,2-3H3,(H,17,18)(H2,16,20,21). The van der Waals surface area contributed by atoms with E-state index in [2.05, 4.69) is 21.8 Å². The van der Waals surface area contributed by atoms with Gasteiger partial charge in [0.15, 0.2) is 5.96 Å². The molecule has 0 aliphatic carbocycles. The summed E-state index contributed by atoms with van der Waals surface area (Å²) in [5.41, 5.74) is 0. The molecule has 0 radical (unpaired) electrons. The molecule has 0 saturated carbocycles. The molecule has 0 aromatic carbocycles. The lowest BCUT2D eigenvalue weighted by molar-refractivity contribution is 0.455. The highest BCUT2D eigenvalue weighted by molar-refractivity contribution is 7.91. The summed E-state index contributed by atoms with van der Waals surface area (Å²) in [7, 11) is 0.111. The zero-order valence-corrected chi connectivity index (χ0v) is 15.4. The van der Waals surface area contributed by atoms with Crippen LogP contribution in [0.4, 0.5) is 0 Å². The van der Waals surface area contributed by atoms with Crippen LogP contribution >= 0.6 is 11.3 Å². The van der Waals surface area contributed by atoms with E-state index in [1.807, 2.05) is 13.1 Å². The molecule has 130 valence electrons. The van der Waals surface area contributed by atoms with E-state index in [0.717, 1.165) is 43.1 Å². The van der Waals surface area contributed by atoms with E-state index in [1.165, 1.54) is 17.4 Å². The molecular formula is C15H26N4O2S2. The Labute approximate surface area is 143 Å². The van der Waals surface area contributed by atoms with Gasteiger partial charge in [-0.3, -0.25) is 4.99 Å². The van der Waals surface area contributed by atoms with Crippen molar-refractivity contribution in [3.05, 3.63) is 29.7 Å². The van der Waals surface area contributed by atoms with Gasteiger partial charge in [0.1, 0.15) is 4.21 Å². The Morgan fingerprint density at radius 2 is 2.17 bits per heavy atom. The zero-order valence-electron chi connectivity index (χ0n) is 13.8. The lowest BCUT2D eigenvalue weighted by Gasteiger charge is -2.21. The summed E-state index contributed by atoms with van der Waals surface area (Å²) in [6.45, 7) is 5.16. The number of aliphatic imine (C=N–C) groups is 1. The summed E-state index contributed by atoms with van der Waals surface area (Å²) in [6.07, 6.45) is 6.42. The molecule has 0 saturated heterocycles. The molecule has 3 N–H and O–H groups in total. The number of nitrogens with two attached hydrogens (primary N) is 1. The Hall–Kier alpha value is -1.38. The molecule has 0 atom stereocenters. The van der Waals surface area contributed by atoms with E-state index in [4.69, 9.17) is 5.14 Å². The molecule has 8 heteroatoms. The number of sulfonamides is 1. The van der Waals surface area contributed by atoms with Crippen molar-refractivity contribution in [2.45, 2.75) is 36.4 Å². The maximum atomic E-state index is 11.3. The molecule has 0 aliphatic heterocycles. The third kappa shape index (κ3) is 7.15. The van der Waals surface area contributed by atoms with Crippen molar-refractivity contribution in [1.29, 1.82) is 0 Å². The van der Waals surface area contributed by atoms with Crippen molar-refractivity contribution in [2.75, 3.05) is 20.6 Å². The Bertz CT molecular complexity index is 623. The highest BCUT2D eigenvalue weighted by Crippen LogP contribution is 2.20. The number of nitrogens with zero attached hydrogens (tertiary/aromatic N) is 2. The average Bonchev–Trinajstić information content (AvgIpc) is 2.96. The van der Waals surface area contributed by atoms with E-state index in [0.29, 0.717) is 6.54 Å². The number of guanidine groups is 1. The minimum Gasteiger partial charge on any atom is -0.351 e. The number of rotatable bonds is 9. The van der Waals surface area contributed by atoms with Gasteiger partial charge < -0.3 is 10.2 Å². The highest BCUT2D eigenvalue weighted by atomic mass is 32.2. The molecule has 6 nitrogen and oxygen atoms in total. The second-order valence-electron chi connectivity index (χ2n) is 5.23. The minimum atomic E-state index is -3.62. The number of unbranched alkanes of at least 4 members (excludes halogenated alkanes) is 3. The number of thiophene rings is 1. The van der Waals surface area contributed by atoms with Crippen LogP contribution in [0.15, 0.2) is 34.0 Å². The first kappa shape index (κ1) is 19.7. The molecule has 0 fully saturated rings. The lowest BCUT2D eigenvalue weighted by atomic mass is 10.2. The Morgan fingerprint density at radius 3 is 2.74 bits per heavy atom. The van der Waals surface area contributed by atoms with E-state index < -0.39 is 10.0 Å². The van der Waals surface area contributed by atoms with Crippen LogP contribution in [0.3, 0.4) is 0 Å².